The van der Waals surface area contributed by atoms with Gasteiger partial charge in [-0.2, -0.15) is 0 Å². The molecule has 0 aromatic rings. The number of nitrogens with zero attached hydrogens (tertiary/aromatic N) is 1. The summed E-state index contributed by atoms with van der Waals surface area (Å²) in [5.74, 6) is 2.48. The zero-order chi connectivity index (χ0) is 9.90. The lowest BCUT2D eigenvalue weighted by Crippen LogP contribution is -2.59. The first-order valence-corrected chi connectivity index (χ1v) is 4.66. The molecule has 3 nitrogen and oxygen atoms in total. The van der Waals surface area contributed by atoms with E-state index < -0.39 is 5.54 Å². The minimum Gasteiger partial charge on any atom is -0.330 e. The number of amides is 1. The summed E-state index contributed by atoms with van der Waals surface area (Å²) in [5.41, 5.74) is 5.29. The lowest BCUT2D eigenvalue weighted by molar-refractivity contribution is -0.139. The summed E-state index contributed by atoms with van der Waals surface area (Å²) >= 11 is 0. The van der Waals surface area contributed by atoms with Gasteiger partial charge in [0.15, 0.2) is 0 Å². The molecule has 0 radical (unpaired) electrons. The highest BCUT2D eigenvalue weighted by atomic mass is 16.2. The van der Waals surface area contributed by atoms with Gasteiger partial charge < -0.3 is 10.6 Å². The Morgan fingerprint density at radius 3 is 2.62 bits per heavy atom. The number of carbonyl (C=O) groups is 1. The lowest BCUT2D eigenvalue weighted by Gasteiger charge is -2.39. The topological polar surface area (TPSA) is 46.3 Å². The molecule has 0 atom stereocenters. The van der Waals surface area contributed by atoms with Crippen molar-refractivity contribution < 1.29 is 4.79 Å². The van der Waals surface area contributed by atoms with Crippen molar-refractivity contribution >= 4 is 5.91 Å². The highest BCUT2D eigenvalue weighted by Crippen LogP contribution is 2.30. The average Bonchev–Trinajstić information content (AvgIpc) is 2.09. The van der Waals surface area contributed by atoms with Crippen LogP contribution in [0.1, 0.15) is 26.2 Å². The maximum absolute atomic E-state index is 11.8. The predicted molar refractivity (Wildman–Crippen MR) is 51.9 cm³/mol. The van der Waals surface area contributed by atoms with E-state index in [2.05, 4.69) is 5.92 Å². The van der Waals surface area contributed by atoms with E-state index in [4.69, 9.17) is 12.2 Å². The normalized spacial score (nSPS) is 18.5. The number of carbonyl (C=O) groups excluding carboxylic acids is 1. The van der Waals surface area contributed by atoms with Crippen molar-refractivity contribution in [3.05, 3.63) is 0 Å². The summed E-state index contributed by atoms with van der Waals surface area (Å²) in [6.45, 7) is 2.92. The van der Waals surface area contributed by atoms with Crippen LogP contribution in [0.3, 0.4) is 0 Å². The van der Waals surface area contributed by atoms with Gasteiger partial charge >= 0.3 is 0 Å². The minimum atomic E-state index is -0.604. The Kier molecular flexibility index (Phi) is 2.94. The van der Waals surface area contributed by atoms with Crippen molar-refractivity contribution in [1.82, 2.24) is 4.90 Å². The summed E-state index contributed by atoms with van der Waals surface area (Å²) in [5, 5.41) is 0. The lowest BCUT2D eigenvalue weighted by atomic mass is 9.76. The Labute approximate surface area is 79.3 Å². The van der Waals surface area contributed by atoms with E-state index in [1.807, 2.05) is 6.92 Å². The van der Waals surface area contributed by atoms with Gasteiger partial charge in [-0.25, -0.2) is 0 Å². The second-order valence-corrected chi connectivity index (χ2v) is 3.53. The van der Waals surface area contributed by atoms with E-state index in [1.54, 1.807) is 4.90 Å². The van der Waals surface area contributed by atoms with Gasteiger partial charge in [0.2, 0.25) is 5.91 Å². The number of hydrogen-bond donors (Lipinski definition) is 1. The van der Waals surface area contributed by atoms with Crippen LogP contribution >= 0.6 is 0 Å². The van der Waals surface area contributed by atoms with Gasteiger partial charge in [-0.3, -0.25) is 4.79 Å². The Morgan fingerprint density at radius 1 is 1.69 bits per heavy atom. The molecule has 72 valence electrons. The first-order chi connectivity index (χ1) is 6.14. The molecule has 0 aromatic heterocycles. The summed E-state index contributed by atoms with van der Waals surface area (Å²) < 4.78 is 0. The van der Waals surface area contributed by atoms with Gasteiger partial charge in [0, 0.05) is 6.54 Å². The number of terminal acetylenes is 1. The smallest absolute Gasteiger partial charge is 0.243 e. The van der Waals surface area contributed by atoms with Gasteiger partial charge in [0.25, 0.3) is 0 Å². The second-order valence-electron chi connectivity index (χ2n) is 3.53. The first kappa shape index (κ1) is 10.1. The number of likely N-dealkylation sites (N-methyl/N-ethyl adjacent to an activating group) is 1. The zero-order valence-electron chi connectivity index (χ0n) is 8.05. The second kappa shape index (κ2) is 3.80. The van der Waals surface area contributed by atoms with Crippen molar-refractivity contribution in [1.29, 1.82) is 0 Å². The molecule has 0 saturated heterocycles. The Morgan fingerprint density at radius 2 is 2.31 bits per heavy atom. The molecule has 0 bridgehead atoms. The fraction of sp³-hybridized carbons (Fsp3) is 0.700. The van der Waals surface area contributed by atoms with Crippen LogP contribution < -0.4 is 5.73 Å². The maximum atomic E-state index is 11.8. The third-order valence-corrected chi connectivity index (χ3v) is 2.62. The number of rotatable bonds is 3. The molecular weight excluding hydrogens is 164 g/mol. The Balaban J connectivity index is 2.59. The summed E-state index contributed by atoms with van der Waals surface area (Å²) in [7, 11) is 0. The van der Waals surface area contributed by atoms with Crippen LogP contribution in [0, 0.1) is 12.3 Å². The van der Waals surface area contributed by atoms with Crippen molar-refractivity contribution in [2.24, 2.45) is 5.73 Å². The fourth-order valence-corrected chi connectivity index (χ4v) is 1.52. The van der Waals surface area contributed by atoms with Crippen LogP contribution in [0.4, 0.5) is 0 Å². The standard InChI is InChI=1S/C10H16N2O/c1-3-8-12(4-2)9(13)10(11)6-5-7-10/h1H,4-8,11H2,2H3. The molecule has 1 aliphatic carbocycles. The monoisotopic (exact) mass is 180 g/mol. The molecule has 1 saturated carbocycles. The number of hydrogen-bond acceptors (Lipinski definition) is 2. The molecule has 1 rings (SSSR count). The highest BCUT2D eigenvalue weighted by Gasteiger charge is 2.42. The molecule has 3 heteroatoms. The molecule has 13 heavy (non-hydrogen) atoms. The van der Waals surface area contributed by atoms with Crippen LogP contribution in [-0.2, 0) is 4.79 Å². The third kappa shape index (κ3) is 1.84. The van der Waals surface area contributed by atoms with Crippen LogP contribution in [0.2, 0.25) is 0 Å². The van der Waals surface area contributed by atoms with Crippen molar-refractivity contribution in [2.75, 3.05) is 13.1 Å². The van der Waals surface area contributed by atoms with E-state index in [9.17, 15) is 4.79 Å². The van der Waals surface area contributed by atoms with Gasteiger partial charge in [0.05, 0.1) is 12.1 Å². The summed E-state index contributed by atoms with van der Waals surface area (Å²) in [6.07, 6.45) is 7.81. The van der Waals surface area contributed by atoms with E-state index in [1.165, 1.54) is 0 Å². The van der Waals surface area contributed by atoms with Crippen LogP contribution in [0.5, 0.6) is 0 Å². The third-order valence-electron chi connectivity index (χ3n) is 2.62. The molecule has 1 fully saturated rings. The minimum absolute atomic E-state index is 0.0131. The quantitative estimate of drug-likeness (QED) is 0.637. The molecule has 0 aromatic carbocycles. The van der Waals surface area contributed by atoms with Gasteiger partial charge in [-0.1, -0.05) is 5.92 Å². The van der Waals surface area contributed by atoms with Gasteiger partial charge in [0.1, 0.15) is 0 Å². The van der Waals surface area contributed by atoms with Crippen molar-refractivity contribution in [3.8, 4) is 12.3 Å². The number of nitrogens with two attached hydrogens (primary N) is 1. The molecule has 1 aliphatic rings. The summed E-state index contributed by atoms with van der Waals surface area (Å²) in [6, 6.07) is 0. The van der Waals surface area contributed by atoms with Crippen LogP contribution in [-0.4, -0.2) is 29.4 Å². The first-order valence-electron chi connectivity index (χ1n) is 4.66. The predicted octanol–water partition coefficient (Wildman–Crippen LogP) is 0.349. The average molecular weight is 180 g/mol. The van der Waals surface area contributed by atoms with Gasteiger partial charge in [-0.05, 0) is 26.2 Å². The maximum Gasteiger partial charge on any atom is 0.243 e. The van der Waals surface area contributed by atoms with E-state index in [0.717, 1.165) is 19.3 Å². The molecular formula is C10H16N2O. The molecule has 2 N–H and O–H groups in total. The van der Waals surface area contributed by atoms with E-state index in [0.29, 0.717) is 13.1 Å². The van der Waals surface area contributed by atoms with E-state index in [-0.39, 0.29) is 5.91 Å². The molecule has 0 heterocycles. The fourth-order valence-electron chi connectivity index (χ4n) is 1.52. The largest absolute Gasteiger partial charge is 0.330 e. The Hall–Kier alpha value is -1.01. The molecule has 0 spiro atoms. The van der Waals surface area contributed by atoms with Crippen molar-refractivity contribution in [3.63, 3.8) is 0 Å². The van der Waals surface area contributed by atoms with Crippen LogP contribution in [0.25, 0.3) is 0 Å². The van der Waals surface area contributed by atoms with Gasteiger partial charge in [-0.15, -0.1) is 6.42 Å². The van der Waals surface area contributed by atoms with Crippen LogP contribution in [0.15, 0.2) is 0 Å². The zero-order valence-corrected chi connectivity index (χ0v) is 8.05. The van der Waals surface area contributed by atoms with Crippen molar-refractivity contribution in [2.45, 2.75) is 31.7 Å². The summed E-state index contributed by atoms with van der Waals surface area (Å²) in [4.78, 5) is 13.4. The molecule has 0 aliphatic heterocycles. The molecule has 0 unspecified atom stereocenters. The Bertz CT molecular complexity index is 238. The highest BCUT2D eigenvalue weighted by molar-refractivity contribution is 5.87. The molecule has 1 amide bonds. The SMILES string of the molecule is C#CCN(CC)C(=O)C1(N)CCC1. The van der Waals surface area contributed by atoms with E-state index >= 15 is 0 Å².